The number of hydrogen-bond donors (Lipinski definition) is 3. The number of hydrogen-bond acceptors (Lipinski definition) is 2. The van der Waals surface area contributed by atoms with Gasteiger partial charge in [-0.05, 0) is 12.8 Å². The Balaban J connectivity index is 2.23. The molecule has 0 aromatic heterocycles. The number of halogens is 1. The van der Waals surface area contributed by atoms with Crippen LogP contribution < -0.4 is 10.6 Å². The first kappa shape index (κ1) is 11.6. The fourth-order valence-electron chi connectivity index (χ4n) is 1.66. The lowest BCUT2D eigenvalue weighted by Crippen LogP contribution is -2.49. The highest BCUT2D eigenvalue weighted by Gasteiger charge is 2.23. The number of nitrogens with one attached hydrogen (secondary N) is 2. The van der Waals surface area contributed by atoms with Crippen LogP contribution in [0.15, 0.2) is 0 Å². The monoisotopic (exact) mass is 220 g/mol. The molecule has 0 saturated heterocycles. The van der Waals surface area contributed by atoms with Crippen molar-refractivity contribution in [2.24, 2.45) is 0 Å². The number of aliphatic hydroxyl groups is 1. The van der Waals surface area contributed by atoms with Gasteiger partial charge in [0.05, 0.1) is 12.1 Å². The Kier molecular flexibility index (Phi) is 5.04. The predicted octanol–water partition coefficient (Wildman–Crippen LogP) is 0.828. The van der Waals surface area contributed by atoms with E-state index in [0.29, 0.717) is 12.4 Å². The van der Waals surface area contributed by atoms with Gasteiger partial charge in [0.15, 0.2) is 0 Å². The van der Waals surface area contributed by atoms with Crippen molar-refractivity contribution >= 4 is 17.6 Å². The van der Waals surface area contributed by atoms with E-state index in [1.165, 1.54) is 0 Å². The van der Waals surface area contributed by atoms with Gasteiger partial charge in [-0.3, -0.25) is 0 Å². The smallest absolute Gasteiger partial charge is 0.315 e. The molecule has 0 spiro atoms. The molecule has 2 atom stereocenters. The van der Waals surface area contributed by atoms with Crippen LogP contribution in [0.25, 0.3) is 0 Å². The third-order valence-electron chi connectivity index (χ3n) is 2.43. The molecule has 14 heavy (non-hydrogen) atoms. The maximum atomic E-state index is 11.2. The zero-order valence-corrected chi connectivity index (χ0v) is 8.89. The van der Waals surface area contributed by atoms with Crippen molar-refractivity contribution in [1.29, 1.82) is 0 Å². The standard InChI is InChI=1S/C9H17ClN2O2/c10-5-6-11-9(14)12-7-3-1-2-4-8(7)13/h7-8,13H,1-6H2,(H2,11,12,14). The summed E-state index contributed by atoms with van der Waals surface area (Å²) in [6.45, 7) is 0.455. The molecular formula is C9H17ClN2O2. The summed E-state index contributed by atoms with van der Waals surface area (Å²) in [6.07, 6.45) is 3.35. The van der Waals surface area contributed by atoms with Crippen molar-refractivity contribution in [2.45, 2.75) is 37.8 Å². The van der Waals surface area contributed by atoms with Crippen LogP contribution >= 0.6 is 11.6 Å². The molecule has 1 aliphatic carbocycles. The van der Waals surface area contributed by atoms with Gasteiger partial charge in [-0.1, -0.05) is 12.8 Å². The lowest BCUT2D eigenvalue weighted by atomic mass is 9.93. The first-order chi connectivity index (χ1) is 6.74. The third kappa shape index (κ3) is 3.72. The fraction of sp³-hybridized carbons (Fsp3) is 0.889. The van der Waals surface area contributed by atoms with Crippen LogP contribution in [0.1, 0.15) is 25.7 Å². The van der Waals surface area contributed by atoms with Crippen LogP contribution in [0.2, 0.25) is 0 Å². The van der Waals surface area contributed by atoms with Crippen molar-refractivity contribution in [3.05, 3.63) is 0 Å². The van der Waals surface area contributed by atoms with Crippen molar-refractivity contribution in [2.75, 3.05) is 12.4 Å². The third-order valence-corrected chi connectivity index (χ3v) is 2.62. The maximum Gasteiger partial charge on any atom is 0.315 e. The SMILES string of the molecule is O=C(NCCCl)NC1CCCCC1O. The molecule has 1 fully saturated rings. The normalized spacial score (nSPS) is 27.0. The summed E-state index contributed by atoms with van der Waals surface area (Å²) in [5.41, 5.74) is 0. The number of amides is 2. The minimum Gasteiger partial charge on any atom is -0.391 e. The van der Waals surface area contributed by atoms with E-state index in [-0.39, 0.29) is 12.1 Å². The highest BCUT2D eigenvalue weighted by Crippen LogP contribution is 2.17. The summed E-state index contributed by atoms with van der Waals surface area (Å²) < 4.78 is 0. The zero-order chi connectivity index (χ0) is 10.4. The molecule has 0 heterocycles. The maximum absolute atomic E-state index is 11.2. The second-order valence-electron chi connectivity index (χ2n) is 3.55. The van der Waals surface area contributed by atoms with Crippen LogP contribution in [-0.2, 0) is 0 Å². The van der Waals surface area contributed by atoms with Gasteiger partial charge in [-0.2, -0.15) is 0 Å². The topological polar surface area (TPSA) is 61.4 Å². The van der Waals surface area contributed by atoms with Crippen LogP contribution in [0.5, 0.6) is 0 Å². The molecule has 5 heteroatoms. The molecule has 0 aromatic rings. The van der Waals surface area contributed by atoms with E-state index < -0.39 is 6.10 Å². The van der Waals surface area contributed by atoms with E-state index in [1.54, 1.807) is 0 Å². The minimum absolute atomic E-state index is 0.0981. The highest BCUT2D eigenvalue weighted by molar-refractivity contribution is 6.18. The first-order valence-corrected chi connectivity index (χ1v) is 5.56. The molecule has 0 bridgehead atoms. The van der Waals surface area contributed by atoms with E-state index in [0.717, 1.165) is 25.7 Å². The Labute approximate surface area is 89.0 Å². The average molecular weight is 221 g/mol. The second kappa shape index (κ2) is 6.09. The van der Waals surface area contributed by atoms with E-state index in [4.69, 9.17) is 11.6 Å². The van der Waals surface area contributed by atoms with Crippen molar-refractivity contribution < 1.29 is 9.90 Å². The Hall–Kier alpha value is -0.480. The molecule has 2 unspecified atom stereocenters. The van der Waals surface area contributed by atoms with Gasteiger partial charge in [0, 0.05) is 12.4 Å². The average Bonchev–Trinajstić information content (AvgIpc) is 2.18. The quantitative estimate of drug-likeness (QED) is 0.617. The van der Waals surface area contributed by atoms with Gasteiger partial charge >= 0.3 is 6.03 Å². The largest absolute Gasteiger partial charge is 0.391 e. The van der Waals surface area contributed by atoms with Gasteiger partial charge < -0.3 is 15.7 Å². The number of aliphatic hydroxyl groups excluding tert-OH is 1. The Morgan fingerprint density at radius 3 is 2.79 bits per heavy atom. The van der Waals surface area contributed by atoms with Crippen LogP contribution in [-0.4, -0.2) is 35.7 Å². The molecule has 1 rings (SSSR count). The number of rotatable bonds is 3. The van der Waals surface area contributed by atoms with Gasteiger partial charge in [-0.15, -0.1) is 11.6 Å². The zero-order valence-electron chi connectivity index (χ0n) is 8.13. The van der Waals surface area contributed by atoms with Crippen molar-refractivity contribution in [3.63, 3.8) is 0 Å². The van der Waals surface area contributed by atoms with Crippen LogP contribution in [0, 0.1) is 0 Å². The first-order valence-electron chi connectivity index (χ1n) is 5.02. The lowest BCUT2D eigenvalue weighted by molar-refractivity contribution is 0.0944. The number of carbonyl (C=O) groups is 1. The molecule has 0 aromatic carbocycles. The van der Waals surface area contributed by atoms with Crippen LogP contribution in [0.4, 0.5) is 4.79 Å². The van der Waals surface area contributed by atoms with Gasteiger partial charge in [0.1, 0.15) is 0 Å². The van der Waals surface area contributed by atoms with E-state index in [2.05, 4.69) is 10.6 Å². The summed E-state index contributed by atoms with van der Waals surface area (Å²) in [4.78, 5) is 11.2. The van der Waals surface area contributed by atoms with Crippen LogP contribution in [0.3, 0.4) is 0 Å². The molecule has 82 valence electrons. The number of urea groups is 1. The number of alkyl halides is 1. The van der Waals surface area contributed by atoms with Crippen molar-refractivity contribution in [1.82, 2.24) is 10.6 Å². The molecule has 4 nitrogen and oxygen atoms in total. The minimum atomic E-state index is -0.398. The molecule has 1 aliphatic rings. The van der Waals surface area contributed by atoms with Crippen molar-refractivity contribution in [3.8, 4) is 0 Å². The van der Waals surface area contributed by atoms with Gasteiger partial charge in [0.2, 0.25) is 0 Å². The predicted molar refractivity (Wildman–Crippen MR) is 55.5 cm³/mol. The van der Waals surface area contributed by atoms with E-state index in [9.17, 15) is 9.90 Å². The molecule has 1 saturated carbocycles. The fourth-order valence-corrected chi connectivity index (χ4v) is 1.75. The summed E-state index contributed by atoms with van der Waals surface area (Å²) in [6, 6.07) is -0.337. The summed E-state index contributed by atoms with van der Waals surface area (Å²) in [7, 11) is 0. The number of carbonyl (C=O) groups excluding carboxylic acids is 1. The summed E-state index contributed by atoms with van der Waals surface area (Å²) in [5, 5.41) is 14.9. The van der Waals surface area contributed by atoms with E-state index in [1.807, 2.05) is 0 Å². The highest BCUT2D eigenvalue weighted by atomic mass is 35.5. The lowest BCUT2D eigenvalue weighted by Gasteiger charge is -2.28. The van der Waals surface area contributed by atoms with E-state index >= 15 is 0 Å². The summed E-state index contributed by atoms with van der Waals surface area (Å²) >= 11 is 5.43. The molecular weight excluding hydrogens is 204 g/mol. The second-order valence-corrected chi connectivity index (χ2v) is 3.93. The van der Waals surface area contributed by atoms with Gasteiger partial charge in [-0.25, -0.2) is 4.79 Å². The molecule has 0 aliphatic heterocycles. The Bertz CT molecular complexity index is 190. The molecule has 0 radical (unpaired) electrons. The molecule has 3 N–H and O–H groups in total. The Morgan fingerprint density at radius 2 is 2.14 bits per heavy atom. The summed E-state index contributed by atoms with van der Waals surface area (Å²) in [5.74, 6) is 0.403. The van der Waals surface area contributed by atoms with Gasteiger partial charge in [0.25, 0.3) is 0 Å². The Morgan fingerprint density at radius 1 is 1.43 bits per heavy atom. The molecule has 2 amide bonds.